The van der Waals surface area contributed by atoms with Crippen molar-refractivity contribution in [2.75, 3.05) is 39.8 Å². The van der Waals surface area contributed by atoms with Gasteiger partial charge in [-0.3, -0.25) is 4.90 Å². The molecule has 1 heterocycles. The summed E-state index contributed by atoms with van der Waals surface area (Å²) in [6.07, 6.45) is 5.65. The minimum atomic E-state index is 0.722. The van der Waals surface area contributed by atoms with Crippen molar-refractivity contribution in [3.8, 4) is 0 Å². The molecule has 1 unspecified atom stereocenters. The number of piperazine rings is 1. The molecule has 0 aromatic carbocycles. The first-order valence-corrected chi connectivity index (χ1v) is 7.83. The van der Waals surface area contributed by atoms with E-state index in [0.717, 1.165) is 18.0 Å². The normalized spacial score (nSPS) is 26.0. The lowest BCUT2D eigenvalue weighted by molar-refractivity contribution is 0.0861. The zero-order chi connectivity index (χ0) is 13.0. The third kappa shape index (κ3) is 3.94. The SMILES string of the molecule is CC(C)C(CNC1CCCC1)N1CCN(C)CC1. The molecule has 0 radical (unpaired) electrons. The minimum Gasteiger partial charge on any atom is -0.312 e. The van der Waals surface area contributed by atoms with Crippen LogP contribution in [0.2, 0.25) is 0 Å². The van der Waals surface area contributed by atoms with Crippen LogP contribution in [0.1, 0.15) is 39.5 Å². The van der Waals surface area contributed by atoms with Gasteiger partial charge in [0.25, 0.3) is 0 Å². The van der Waals surface area contributed by atoms with E-state index in [9.17, 15) is 0 Å². The molecular formula is C15H31N3. The number of hydrogen-bond donors (Lipinski definition) is 1. The maximum absolute atomic E-state index is 3.82. The van der Waals surface area contributed by atoms with Crippen molar-refractivity contribution in [1.82, 2.24) is 15.1 Å². The first-order valence-electron chi connectivity index (χ1n) is 7.83. The van der Waals surface area contributed by atoms with Crippen LogP contribution >= 0.6 is 0 Å². The van der Waals surface area contributed by atoms with Crippen molar-refractivity contribution in [2.45, 2.75) is 51.6 Å². The van der Waals surface area contributed by atoms with Crippen LogP contribution in [0.25, 0.3) is 0 Å². The first-order chi connectivity index (χ1) is 8.66. The molecule has 106 valence electrons. The highest BCUT2D eigenvalue weighted by Crippen LogP contribution is 2.19. The lowest BCUT2D eigenvalue weighted by Crippen LogP contribution is -2.54. The summed E-state index contributed by atoms with van der Waals surface area (Å²) >= 11 is 0. The van der Waals surface area contributed by atoms with Crippen LogP contribution < -0.4 is 5.32 Å². The highest BCUT2D eigenvalue weighted by Gasteiger charge is 2.26. The third-order valence-electron chi connectivity index (χ3n) is 4.75. The van der Waals surface area contributed by atoms with Gasteiger partial charge in [0.05, 0.1) is 0 Å². The molecular weight excluding hydrogens is 222 g/mol. The van der Waals surface area contributed by atoms with E-state index in [1.54, 1.807) is 0 Å². The van der Waals surface area contributed by atoms with E-state index >= 15 is 0 Å². The topological polar surface area (TPSA) is 18.5 Å². The zero-order valence-electron chi connectivity index (χ0n) is 12.5. The monoisotopic (exact) mass is 253 g/mol. The molecule has 18 heavy (non-hydrogen) atoms. The second-order valence-electron chi connectivity index (χ2n) is 6.54. The predicted molar refractivity (Wildman–Crippen MR) is 78.0 cm³/mol. The lowest BCUT2D eigenvalue weighted by Gasteiger charge is -2.40. The smallest absolute Gasteiger partial charge is 0.0244 e. The van der Waals surface area contributed by atoms with Gasteiger partial charge in [0.2, 0.25) is 0 Å². The molecule has 2 rings (SSSR count). The molecule has 3 nitrogen and oxygen atoms in total. The van der Waals surface area contributed by atoms with E-state index in [1.165, 1.54) is 58.4 Å². The summed E-state index contributed by atoms with van der Waals surface area (Å²) in [6.45, 7) is 10.9. The molecule has 0 spiro atoms. The highest BCUT2D eigenvalue weighted by molar-refractivity contribution is 4.83. The van der Waals surface area contributed by atoms with Gasteiger partial charge < -0.3 is 10.2 Å². The molecule has 2 aliphatic rings. The van der Waals surface area contributed by atoms with Crippen LogP contribution in [-0.4, -0.2) is 61.7 Å². The molecule has 1 aliphatic carbocycles. The summed E-state index contributed by atoms with van der Waals surface area (Å²) in [4.78, 5) is 5.14. The van der Waals surface area contributed by atoms with Crippen molar-refractivity contribution in [3.05, 3.63) is 0 Å². The summed E-state index contributed by atoms with van der Waals surface area (Å²) in [6, 6.07) is 1.53. The van der Waals surface area contributed by atoms with Gasteiger partial charge in [0.1, 0.15) is 0 Å². The van der Waals surface area contributed by atoms with E-state index in [2.05, 4.69) is 36.0 Å². The van der Waals surface area contributed by atoms with Gasteiger partial charge in [-0.15, -0.1) is 0 Å². The van der Waals surface area contributed by atoms with Crippen LogP contribution in [-0.2, 0) is 0 Å². The maximum Gasteiger partial charge on any atom is 0.0244 e. The Balaban J connectivity index is 1.79. The van der Waals surface area contributed by atoms with Crippen LogP contribution in [0, 0.1) is 5.92 Å². The van der Waals surface area contributed by atoms with Gasteiger partial charge in [-0.2, -0.15) is 0 Å². The molecule has 0 aromatic rings. The van der Waals surface area contributed by atoms with Crippen LogP contribution in [0.4, 0.5) is 0 Å². The average Bonchev–Trinajstić information content (AvgIpc) is 2.84. The summed E-state index contributed by atoms with van der Waals surface area (Å²) in [5.41, 5.74) is 0. The number of likely N-dealkylation sites (N-methyl/N-ethyl adjacent to an activating group) is 1. The standard InChI is InChI=1S/C15H31N3/c1-13(2)15(12-16-14-6-4-5-7-14)18-10-8-17(3)9-11-18/h13-16H,4-12H2,1-3H3. The first kappa shape index (κ1) is 14.3. The molecule has 1 saturated carbocycles. The quantitative estimate of drug-likeness (QED) is 0.806. The van der Waals surface area contributed by atoms with E-state index in [-0.39, 0.29) is 0 Å². The largest absolute Gasteiger partial charge is 0.312 e. The van der Waals surface area contributed by atoms with Crippen LogP contribution in [0.15, 0.2) is 0 Å². The van der Waals surface area contributed by atoms with Crippen molar-refractivity contribution in [3.63, 3.8) is 0 Å². The summed E-state index contributed by atoms with van der Waals surface area (Å²) < 4.78 is 0. The van der Waals surface area contributed by atoms with E-state index < -0.39 is 0 Å². The summed E-state index contributed by atoms with van der Waals surface area (Å²) in [5, 5.41) is 3.82. The van der Waals surface area contributed by atoms with Crippen molar-refractivity contribution in [2.24, 2.45) is 5.92 Å². The van der Waals surface area contributed by atoms with E-state index in [4.69, 9.17) is 0 Å². The van der Waals surface area contributed by atoms with Crippen molar-refractivity contribution in [1.29, 1.82) is 0 Å². The van der Waals surface area contributed by atoms with Gasteiger partial charge >= 0.3 is 0 Å². The Bertz CT molecular complexity index is 228. The Morgan fingerprint density at radius 2 is 1.67 bits per heavy atom. The molecule has 0 aromatic heterocycles. The Morgan fingerprint density at radius 3 is 2.22 bits per heavy atom. The molecule has 0 bridgehead atoms. The number of hydrogen-bond acceptors (Lipinski definition) is 3. The molecule has 0 amide bonds. The Morgan fingerprint density at radius 1 is 1.06 bits per heavy atom. The van der Waals surface area contributed by atoms with Crippen molar-refractivity contribution < 1.29 is 0 Å². The molecule has 1 aliphatic heterocycles. The number of rotatable bonds is 5. The summed E-state index contributed by atoms with van der Waals surface area (Å²) in [7, 11) is 2.23. The Kier molecular flexibility index (Phi) is 5.46. The third-order valence-corrected chi connectivity index (χ3v) is 4.75. The minimum absolute atomic E-state index is 0.722. The van der Waals surface area contributed by atoms with Crippen LogP contribution in [0.5, 0.6) is 0 Å². The van der Waals surface area contributed by atoms with Gasteiger partial charge in [-0.25, -0.2) is 0 Å². The van der Waals surface area contributed by atoms with Crippen molar-refractivity contribution >= 4 is 0 Å². The second kappa shape index (κ2) is 6.88. The van der Waals surface area contributed by atoms with Gasteiger partial charge in [-0.05, 0) is 25.8 Å². The van der Waals surface area contributed by atoms with Gasteiger partial charge in [0.15, 0.2) is 0 Å². The maximum atomic E-state index is 3.82. The van der Waals surface area contributed by atoms with Crippen LogP contribution in [0.3, 0.4) is 0 Å². The molecule has 1 saturated heterocycles. The molecule has 2 fully saturated rings. The predicted octanol–water partition coefficient (Wildman–Crippen LogP) is 1.79. The fraction of sp³-hybridized carbons (Fsp3) is 1.00. The lowest BCUT2D eigenvalue weighted by atomic mass is 10.0. The van der Waals surface area contributed by atoms with E-state index in [0.29, 0.717) is 0 Å². The van der Waals surface area contributed by atoms with Gasteiger partial charge in [0, 0.05) is 44.8 Å². The van der Waals surface area contributed by atoms with Gasteiger partial charge in [-0.1, -0.05) is 26.7 Å². The average molecular weight is 253 g/mol. The zero-order valence-corrected chi connectivity index (χ0v) is 12.5. The number of nitrogens with zero attached hydrogens (tertiary/aromatic N) is 2. The highest BCUT2D eigenvalue weighted by atomic mass is 15.3. The Hall–Kier alpha value is -0.120. The fourth-order valence-corrected chi connectivity index (χ4v) is 3.36. The summed E-state index contributed by atoms with van der Waals surface area (Å²) in [5.74, 6) is 0.752. The second-order valence-corrected chi connectivity index (χ2v) is 6.54. The van der Waals surface area contributed by atoms with E-state index in [1.807, 2.05) is 0 Å². The number of nitrogens with one attached hydrogen (secondary N) is 1. The Labute approximate surface area is 113 Å². The molecule has 1 N–H and O–H groups in total. The molecule has 3 heteroatoms. The molecule has 1 atom stereocenters. The fourth-order valence-electron chi connectivity index (χ4n) is 3.36.